The lowest BCUT2D eigenvalue weighted by Gasteiger charge is -2.09. The van der Waals surface area contributed by atoms with Gasteiger partial charge in [0.05, 0.1) is 15.6 Å². The van der Waals surface area contributed by atoms with Crippen LogP contribution in [0.25, 0.3) is 0 Å². The fraction of sp³-hybridized carbons (Fsp3) is 0.267. The van der Waals surface area contributed by atoms with Gasteiger partial charge in [-0.1, -0.05) is 18.2 Å². The van der Waals surface area contributed by atoms with Crippen LogP contribution in [0.15, 0.2) is 44.1 Å². The van der Waals surface area contributed by atoms with Gasteiger partial charge in [0.25, 0.3) is 0 Å². The highest BCUT2D eigenvalue weighted by Crippen LogP contribution is 2.18. The summed E-state index contributed by atoms with van der Waals surface area (Å²) < 4.78 is 6.80. The van der Waals surface area contributed by atoms with E-state index < -0.39 is 0 Å². The van der Waals surface area contributed by atoms with Crippen molar-refractivity contribution in [1.82, 2.24) is 4.98 Å². The van der Waals surface area contributed by atoms with Crippen LogP contribution >= 0.6 is 31.9 Å². The SMILES string of the molecule is Cc1[nH]c(CCCOc2ccccc2)c(Br)c(=O)c1Br. The Bertz CT molecular complexity index is 638. The van der Waals surface area contributed by atoms with Crippen LogP contribution in [0.1, 0.15) is 17.8 Å². The van der Waals surface area contributed by atoms with Gasteiger partial charge in [0.1, 0.15) is 5.75 Å². The van der Waals surface area contributed by atoms with Crippen LogP contribution in [0.2, 0.25) is 0 Å². The van der Waals surface area contributed by atoms with E-state index in [0.717, 1.165) is 30.0 Å². The summed E-state index contributed by atoms with van der Waals surface area (Å²) in [5.74, 6) is 0.868. The first-order valence-corrected chi connectivity index (χ1v) is 7.93. The predicted molar refractivity (Wildman–Crippen MR) is 87.5 cm³/mol. The number of pyridine rings is 1. The highest BCUT2D eigenvalue weighted by atomic mass is 79.9. The Balaban J connectivity index is 1.93. The molecule has 20 heavy (non-hydrogen) atoms. The molecule has 106 valence electrons. The molecule has 0 spiro atoms. The molecule has 2 rings (SSSR count). The zero-order valence-corrected chi connectivity index (χ0v) is 14.3. The number of para-hydroxylation sites is 1. The quantitative estimate of drug-likeness (QED) is 0.763. The molecule has 0 saturated carbocycles. The Morgan fingerprint density at radius 1 is 1.15 bits per heavy atom. The third kappa shape index (κ3) is 3.73. The summed E-state index contributed by atoms with van der Waals surface area (Å²) in [5.41, 5.74) is 1.74. The summed E-state index contributed by atoms with van der Waals surface area (Å²) in [7, 11) is 0. The zero-order chi connectivity index (χ0) is 14.5. The fourth-order valence-corrected chi connectivity index (χ4v) is 2.93. The van der Waals surface area contributed by atoms with Gasteiger partial charge in [0, 0.05) is 11.4 Å². The molecular formula is C15H15Br2NO2. The fourth-order valence-electron chi connectivity index (χ4n) is 1.87. The van der Waals surface area contributed by atoms with Crippen LogP contribution in [-0.4, -0.2) is 11.6 Å². The number of H-pyrrole nitrogens is 1. The summed E-state index contributed by atoms with van der Waals surface area (Å²) >= 11 is 6.63. The van der Waals surface area contributed by atoms with Gasteiger partial charge < -0.3 is 9.72 Å². The Labute approximate surface area is 134 Å². The molecule has 0 unspecified atom stereocenters. The molecule has 5 heteroatoms. The first-order valence-electron chi connectivity index (χ1n) is 6.34. The summed E-state index contributed by atoms with van der Waals surface area (Å²) in [6, 6.07) is 9.71. The highest BCUT2D eigenvalue weighted by Gasteiger charge is 2.10. The van der Waals surface area contributed by atoms with E-state index in [1.165, 1.54) is 0 Å². The Hall–Kier alpha value is -1.07. The second-order valence-corrected chi connectivity index (χ2v) is 6.04. The number of benzene rings is 1. The zero-order valence-electron chi connectivity index (χ0n) is 11.1. The molecule has 0 amide bonds. The molecular weight excluding hydrogens is 386 g/mol. The van der Waals surface area contributed by atoms with Crippen LogP contribution in [0.3, 0.4) is 0 Å². The standard InChI is InChI=1S/C15H15Br2NO2/c1-10-13(16)15(19)14(17)12(18-10)8-5-9-20-11-6-3-2-4-7-11/h2-4,6-7H,5,8-9H2,1H3,(H,18,19). The molecule has 0 aliphatic rings. The Morgan fingerprint density at radius 2 is 1.85 bits per heavy atom. The molecule has 0 radical (unpaired) electrons. The van der Waals surface area contributed by atoms with Crippen LogP contribution in [0.4, 0.5) is 0 Å². The molecule has 1 aromatic carbocycles. The van der Waals surface area contributed by atoms with Crippen LogP contribution in [0, 0.1) is 6.92 Å². The van der Waals surface area contributed by atoms with Crippen molar-refractivity contribution in [2.45, 2.75) is 19.8 Å². The molecule has 1 aromatic heterocycles. The van der Waals surface area contributed by atoms with Crippen molar-refractivity contribution in [2.75, 3.05) is 6.61 Å². The molecule has 0 atom stereocenters. The average Bonchev–Trinajstić information content (AvgIpc) is 2.47. The summed E-state index contributed by atoms with van der Waals surface area (Å²) in [6.07, 6.45) is 1.60. The van der Waals surface area contributed by atoms with E-state index in [4.69, 9.17) is 4.74 Å². The Morgan fingerprint density at radius 3 is 2.55 bits per heavy atom. The van der Waals surface area contributed by atoms with Gasteiger partial charge in [-0.2, -0.15) is 0 Å². The number of rotatable bonds is 5. The second kappa shape index (κ2) is 7.09. The summed E-state index contributed by atoms with van der Waals surface area (Å²) in [6.45, 7) is 2.50. The van der Waals surface area contributed by atoms with Crippen molar-refractivity contribution in [3.63, 3.8) is 0 Å². The lowest BCUT2D eigenvalue weighted by molar-refractivity contribution is 0.310. The van der Waals surface area contributed by atoms with Gasteiger partial charge in [-0.15, -0.1) is 0 Å². The molecule has 0 fully saturated rings. The van der Waals surface area contributed by atoms with E-state index in [-0.39, 0.29) is 5.43 Å². The van der Waals surface area contributed by atoms with E-state index in [0.29, 0.717) is 15.6 Å². The van der Waals surface area contributed by atoms with Gasteiger partial charge in [0.2, 0.25) is 5.43 Å². The number of hydrogen-bond donors (Lipinski definition) is 1. The first kappa shape index (κ1) is 15.3. The molecule has 1 heterocycles. The third-order valence-electron chi connectivity index (χ3n) is 2.91. The van der Waals surface area contributed by atoms with E-state index >= 15 is 0 Å². The average molecular weight is 401 g/mol. The van der Waals surface area contributed by atoms with Gasteiger partial charge in [0.15, 0.2) is 0 Å². The maximum atomic E-state index is 11.9. The minimum atomic E-state index is -0.0137. The monoisotopic (exact) mass is 399 g/mol. The van der Waals surface area contributed by atoms with Crippen molar-refractivity contribution in [1.29, 1.82) is 0 Å². The first-order chi connectivity index (χ1) is 9.59. The van der Waals surface area contributed by atoms with Crippen LogP contribution < -0.4 is 10.2 Å². The van der Waals surface area contributed by atoms with Gasteiger partial charge >= 0.3 is 0 Å². The maximum Gasteiger partial charge on any atom is 0.210 e. The van der Waals surface area contributed by atoms with E-state index in [9.17, 15) is 4.79 Å². The smallest absolute Gasteiger partial charge is 0.210 e. The van der Waals surface area contributed by atoms with Gasteiger partial charge in [-0.3, -0.25) is 4.79 Å². The molecule has 0 saturated heterocycles. The van der Waals surface area contributed by atoms with E-state index in [1.54, 1.807) is 0 Å². The topological polar surface area (TPSA) is 42.1 Å². The number of aromatic amines is 1. The summed E-state index contributed by atoms with van der Waals surface area (Å²) in [5, 5.41) is 0. The van der Waals surface area contributed by atoms with Crippen molar-refractivity contribution in [2.24, 2.45) is 0 Å². The lowest BCUT2D eigenvalue weighted by Crippen LogP contribution is -2.12. The van der Waals surface area contributed by atoms with Crippen molar-refractivity contribution < 1.29 is 4.74 Å². The minimum Gasteiger partial charge on any atom is -0.494 e. The largest absolute Gasteiger partial charge is 0.494 e. The van der Waals surface area contributed by atoms with Gasteiger partial charge in [-0.05, 0) is 63.8 Å². The normalized spacial score (nSPS) is 10.6. The number of ether oxygens (including phenoxy) is 1. The number of aryl methyl sites for hydroxylation is 2. The van der Waals surface area contributed by atoms with E-state index in [2.05, 4.69) is 36.8 Å². The number of nitrogens with one attached hydrogen (secondary N) is 1. The summed E-state index contributed by atoms with van der Waals surface area (Å²) in [4.78, 5) is 15.2. The van der Waals surface area contributed by atoms with Crippen LogP contribution in [0.5, 0.6) is 5.75 Å². The predicted octanol–water partition coefficient (Wildman–Crippen LogP) is 4.22. The van der Waals surface area contributed by atoms with E-state index in [1.807, 2.05) is 37.3 Å². The minimum absolute atomic E-state index is 0.0137. The third-order valence-corrected chi connectivity index (χ3v) is 4.71. The van der Waals surface area contributed by atoms with Crippen molar-refractivity contribution in [3.8, 4) is 5.75 Å². The second-order valence-electron chi connectivity index (χ2n) is 4.45. The molecule has 0 aliphatic carbocycles. The van der Waals surface area contributed by atoms with Crippen molar-refractivity contribution in [3.05, 3.63) is 60.9 Å². The number of hydrogen-bond acceptors (Lipinski definition) is 2. The highest BCUT2D eigenvalue weighted by molar-refractivity contribution is 9.11. The molecule has 3 nitrogen and oxygen atoms in total. The maximum absolute atomic E-state index is 11.9. The number of aromatic nitrogens is 1. The molecule has 0 aliphatic heterocycles. The van der Waals surface area contributed by atoms with Crippen molar-refractivity contribution >= 4 is 31.9 Å². The molecule has 2 aromatic rings. The Kier molecular flexibility index (Phi) is 5.43. The molecule has 0 bridgehead atoms. The molecule has 1 N–H and O–H groups in total. The number of halogens is 2. The lowest BCUT2D eigenvalue weighted by atomic mass is 10.2. The van der Waals surface area contributed by atoms with Gasteiger partial charge in [-0.25, -0.2) is 0 Å². The van der Waals surface area contributed by atoms with Crippen LogP contribution in [-0.2, 0) is 6.42 Å².